The van der Waals surface area contributed by atoms with Gasteiger partial charge in [-0.3, -0.25) is 18.7 Å². The second-order valence-corrected chi connectivity index (χ2v) is 9.70. The first-order chi connectivity index (χ1) is 15.3. The summed E-state index contributed by atoms with van der Waals surface area (Å²) in [6, 6.07) is 9.27. The van der Waals surface area contributed by atoms with Crippen LogP contribution in [-0.2, 0) is 17.9 Å². The Bertz CT molecular complexity index is 1220. The van der Waals surface area contributed by atoms with Crippen LogP contribution in [0.1, 0.15) is 45.2 Å². The highest BCUT2D eigenvalue weighted by Gasteiger charge is 2.24. The number of benzene rings is 1. The molecule has 1 amide bonds. The van der Waals surface area contributed by atoms with Gasteiger partial charge in [0, 0.05) is 25.7 Å². The molecule has 1 saturated heterocycles. The van der Waals surface area contributed by atoms with E-state index >= 15 is 0 Å². The molecule has 0 aliphatic carbocycles. The molecular weight excluding hydrogens is 426 g/mol. The molecule has 0 atom stereocenters. The second kappa shape index (κ2) is 9.28. The van der Waals surface area contributed by atoms with Crippen molar-refractivity contribution in [2.45, 2.75) is 52.7 Å². The van der Waals surface area contributed by atoms with Crippen molar-refractivity contribution in [2.75, 3.05) is 18.0 Å². The molecule has 0 spiro atoms. The summed E-state index contributed by atoms with van der Waals surface area (Å²) >= 11 is 1.31. The lowest BCUT2D eigenvalue weighted by atomic mass is 10.00. The number of piperidine rings is 1. The minimum absolute atomic E-state index is 0.185. The molecule has 0 unspecified atom stereocenters. The molecule has 1 aliphatic rings. The summed E-state index contributed by atoms with van der Waals surface area (Å²) in [6.07, 6.45) is 2.14. The van der Waals surface area contributed by atoms with Crippen LogP contribution in [-0.4, -0.2) is 33.1 Å². The standard InChI is InChI=1S/C23H29N5O3S/c1-15(2)28-21(30)19-20(25-22(32-19)26-11-9-16(3)10-12-26)27(23(28)31)14-18(29)24-13-17-7-5-4-6-8-17/h4-8,15-16H,9-14H2,1-3H3,(H,24,29). The summed E-state index contributed by atoms with van der Waals surface area (Å²) in [7, 11) is 0. The molecule has 9 heteroatoms. The lowest BCUT2D eigenvalue weighted by Crippen LogP contribution is -2.43. The normalized spacial score (nSPS) is 14.9. The van der Waals surface area contributed by atoms with Gasteiger partial charge < -0.3 is 10.2 Å². The SMILES string of the molecule is CC1CCN(c2nc3c(s2)c(=O)n(C(C)C)c(=O)n3CC(=O)NCc2ccccc2)CC1. The monoisotopic (exact) mass is 455 g/mol. The van der Waals surface area contributed by atoms with Crippen molar-refractivity contribution in [3.63, 3.8) is 0 Å². The second-order valence-electron chi connectivity index (χ2n) is 8.72. The summed E-state index contributed by atoms with van der Waals surface area (Å²) in [5.74, 6) is 0.373. The van der Waals surface area contributed by atoms with E-state index in [2.05, 4.69) is 22.1 Å². The number of carbonyl (C=O) groups excluding carboxylic acids is 1. The van der Waals surface area contributed by atoms with Crippen LogP contribution >= 0.6 is 11.3 Å². The Morgan fingerprint density at radius 2 is 1.88 bits per heavy atom. The van der Waals surface area contributed by atoms with E-state index < -0.39 is 5.69 Å². The minimum atomic E-state index is -0.503. The first-order valence-electron chi connectivity index (χ1n) is 11.1. The number of amides is 1. The quantitative estimate of drug-likeness (QED) is 0.617. The molecule has 2 aromatic heterocycles. The molecule has 32 heavy (non-hydrogen) atoms. The average Bonchev–Trinajstić information content (AvgIpc) is 3.22. The maximum atomic E-state index is 13.2. The highest BCUT2D eigenvalue weighted by Crippen LogP contribution is 2.29. The van der Waals surface area contributed by atoms with E-state index in [0.29, 0.717) is 22.8 Å². The van der Waals surface area contributed by atoms with Crippen LogP contribution in [0.3, 0.4) is 0 Å². The van der Waals surface area contributed by atoms with Crippen molar-refractivity contribution < 1.29 is 4.79 Å². The summed E-state index contributed by atoms with van der Waals surface area (Å²) in [5.41, 5.74) is 0.428. The van der Waals surface area contributed by atoms with Crippen LogP contribution in [0, 0.1) is 5.92 Å². The highest BCUT2D eigenvalue weighted by atomic mass is 32.1. The summed E-state index contributed by atoms with van der Waals surface area (Å²) in [5, 5.41) is 3.60. The number of fused-ring (bicyclic) bond motifs is 1. The van der Waals surface area contributed by atoms with Gasteiger partial charge in [0.2, 0.25) is 5.91 Å². The molecule has 1 fully saturated rings. The fraction of sp³-hybridized carbons (Fsp3) is 0.478. The zero-order chi connectivity index (χ0) is 22.8. The third-order valence-corrected chi connectivity index (χ3v) is 7.00. The zero-order valence-corrected chi connectivity index (χ0v) is 19.5. The van der Waals surface area contributed by atoms with Gasteiger partial charge in [0.1, 0.15) is 11.2 Å². The maximum absolute atomic E-state index is 13.2. The Morgan fingerprint density at radius 3 is 2.53 bits per heavy atom. The van der Waals surface area contributed by atoms with Crippen LogP contribution in [0.2, 0.25) is 0 Å². The van der Waals surface area contributed by atoms with Gasteiger partial charge >= 0.3 is 5.69 Å². The van der Waals surface area contributed by atoms with E-state index in [9.17, 15) is 14.4 Å². The van der Waals surface area contributed by atoms with E-state index in [4.69, 9.17) is 0 Å². The van der Waals surface area contributed by atoms with E-state index in [-0.39, 0.29) is 24.1 Å². The van der Waals surface area contributed by atoms with Gasteiger partial charge in [0.15, 0.2) is 10.8 Å². The van der Waals surface area contributed by atoms with Crippen molar-refractivity contribution >= 4 is 32.7 Å². The topological polar surface area (TPSA) is 89.2 Å². The minimum Gasteiger partial charge on any atom is -0.350 e. The number of rotatable bonds is 6. The molecule has 0 radical (unpaired) electrons. The van der Waals surface area contributed by atoms with E-state index in [1.54, 1.807) is 13.8 Å². The number of hydrogen-bond donors (Lipinski definition) is 1. The third-order valence-electron chi connectivity index (χ3n) is 5.91. The van der Waals surface area contributed by atoms with Gasteiger partial charge in [-0.15, -0.1) is 0 Å². The van der Waals surface area contributed by atoms with E-state index in [0.717, 1.165) is 36.6 Å². The Kier molecular flexibility index (Phi) is 6.45. The van der Waals surface area contributed by atoms with Crippen molar-refractivity contribution in [3.8, 4) is 0 Å². The van der Waals surface area contributed by atoms with Crippen molar-refractivity contribution in [3.05, 3.63) is 56.7 Å². The first-order valence-corrected chi connectivity index (χ1v) is 11.9. The number of nitrogens with zero attached hydrogens (tertiary/aromatic N) is 4. The van der Waals surface area contributed by atoms with Gasteiger partial charge in [-0.05, 0) is 38.2 Å². The lowest BCUT2D eigenvalue weighted by Gasteiger charge is -2.29. The molecule has 1 aliphatic heterocycles. The number of anilines is 1. The number of hydrogen-bond acceptors (Lipinski definition) is 6. The molecule has 3 heterocycles. The molecule has 0 saturated carbocycles. The predicted octanol–water partition coefficient (Wildman–Crippen LogP) is 2.75. The summed E-state index contributed by atoms with van der Waals surface area (Å²) in [6.45, 7) is 7.76. The molecular formula is C23H29N5O3S. The van der Waals surface area contributed by atoms with Crippen LogP contribution in [0.15, 0.2) is 39.9 Å². The molecule has 4 rings (SSSR count). The summed E-state index contributed by atoms with van der Waals surface area (Å²) < 4.78 is 2.97. The molecule has 8 nitrogen and oxygen atoms in total. The molecule has 0 bridgehead atoms. The number of nitrogens with one attached hydrogen (secondary N) is 1. The fourth-order valence-electron chi connectivity index (χ4n) is 3.97. The largest absolute Gasteiger partial charge is 0.350 e. The Labute approximate surface area is 190 Å². The summed E-state index contributed by atoms with van der Waals surface area (Å²) in [4.78, 5) is 45.8. The van der Waals surface area contributed by atoms with Crippen molar-refractivity contribution in [1.29, 1.82) is 0 Å². The number of carbonyl (C=O) groups is 1. The maximum Gasteiger partial charge on any atom is 0.333 e. The average molecular weight is 456 g/mol. The third kappa shape index (κ3) is 4.48. The van der Waals surface area contributed by atoms with Crippen molar-refractivity contribution in [1.82, 2.24) is 19.4 Å². The van der Waals surface area contributed by atoms with Gasteiger partial charge in [0.05, 0.1) is 0 Å². The van der Waals surface area contributed by atoms with E-state index in [1.807, 2.05) is 30.3 Å². The lowest BCUT2D eigenvalue weighted by molar-refractivity contribution is -0.121. The Morgan fingerprint density at radius 1 is 1.19 bits per heavy atom. The van der Waals surface area contributed by atoms with Gasteiger partial charge in [0.25, 0.3) is 5.56 Å². The predicted molar refractivity (Wildman–Crippen MR) is 127 cm³/mol. The zero-order valence-electron chi connectivity index (χ0n) is 18.7. The highest BCUT2D eigenvalue weighted by molar-refractivity contribution is 7.22. The van der Waals surface area contributed by atoms with Crippen LogP contribution < -0.4 is 21.5 Å². The molecule has 170 valence electrons. The number of thiazole rings is 1. The van der Waals surface area contributed by atoms with Gasteiger partial charge in [-0.2, -0.15) is 0 Å². The number of aromatic nitrogens is 3. The smallest absolute Gasteiger partial charge is 0.333 e. The van der Waals surface area contributed by atoms with Crippen LogP contribution in [0.5, 0.6) is 0 Å². The molecule has 3 aromatic rings. The Balaban J connectivity index is 1.68. The molecule has 1 aromatic carbocycles. The first kappa shape index (κ1) is 22.3. The van der Waals surface area contributed by atoms with Crippen LogP contribution in [0.25, 0.3) is 10.3 Å². The van der Waals surface area contributed by atoms with Crippen molar-refractivity contribution in [2.24, 2.45) is 5.92 Å². The van der Waals surface area contributed by atoms with Crippen LogP contribution in [0.4, 0.5) is 5.13 Å². The fourth-order valence-corrected chi connectivity index (χ4v) is 5.03. The van der Waals surface area contributed by atoms with Gasteiger partial charge in [-0.25, -0.2) is 9.78 Å². The Hall–Kier alpha value is -2.94. The van der Waals surface area contributed by atoms with E-state index in [1.165, 1.54) is 20.5 Å². The molecule has 1 N–H and O–H groups in total. The van der Waals surface area contributed by atoms with Gasteiger partial charge in [-0.1, -0.05) is 48.6 Å².